The molecule has 1 rings (SSSR count). The summed E-state index contributed by atoms with van der Waals surface area (Å²) in [5.41, 5.74) is 0.967. The Morgan fingerprint density at radius 3 is 3.00 bits per heavy atom. The standard InChI is InChI=1S/C12H14N2O2/c1-9(8-16-2)14-12(15)11-5-3-4-10(6-11)7-13/h3-6,9H,8H2,1-2H3,(H,14,15)/t9-/m0/s1. The molecule has 1 aromatic rings. The van der Waals surface area contributed by atoms with Crippen LogP contribution in [0.1, 0.15) is 22.8 Å². The Balaban J connectivity index is 2.70. The van der Waals surface area contributed by atoms with Gasteiger partial charge in [-0.15, -0.1) is 0 Å². The van der Waals surface area contributed by atoms with Crippen molar-refractivity contribution in [2.75, 3.05) is 13.7 Å². The third-order valence-electron chi connectivity index (χ3n) is 2.05. The van der Waals surface area contributed by atoms with Crippen LogP contribution in [0.3, 0.4) is 0 Å². The van der Waals surface area contributed by atoms with Gasteiger partial charge in [0.25, 0.3) is 5.91 Å². The topological polar surface area (TPSA) is 62.1 Å². The van der Waals surface area contributed by atoms with E-state index in [-0.39, 0.29) is 11.9 Å². The molecule has 0 unspecified atom stereocenters. The summed E-state index contributed by atoms with van der Waals surface area (Å²) < 4.78 is 4.92. The molecule has 4 heteroatoms. The summed E-state index contributed by atoms with van der Waals surface area (Å²) in [6.45, 7) is 2.32. The first kappa shape index (κ1) is 12.2. The molecule has 0 radical (unpaired) electrons. The molecule has 1 amide bonds. The van der Waals surface area contributed by atoms with Crippen molar-refractivity contribution in [2.45, 2.75) is 13.0 Å². The Hall–Kier alpha value is -1.86. The zero-order valence-corrected chi connectivity index (χ0v) is 9.36. The Morgan fingerprint density at radius 2 is 2.38 bits per heavy atom. The molecule has 0 bridgehead atoms. The number of ether oxygens (including phenoxy) is 1. The lowest BCUT2D eigenvalue weighted by atomic mass is 10.1. The summed E-state index contributed by atoms with van der Waals surface area (Å²) >= 11 is 0. The molecule has 0 spiro atoms. The number of carbonyl (C=O) groups excluding carboxylic acids is 1. The van der Waals surface area contributed by atoms with Gasteiger partial charge in [0.2, 0.25) is 0 Å². The van der Waals surface area contributed by atoms with E-state index in [2.05, 4.69) is 5.32 Å². The van der Waals surface area contributed by atoms with E-state index in [0.29, 0.717) is 17.7 Å². The SMILES string of the molecule is COC[C@H](C)NC(=O)c1cccc(C#N)c1. The van der Waals surface area contributed by atoms with Gasteiger partial charge in [0.05, 0.1) is 18.2 Å². The van der Waals surface area contributed by atoms with E-state index < -0.39 is 0 Å². The van der Waals surface area contributed by atoms with Crippen LogP contribution in [0.2, 0.25) is 0 Å². The second-order valence-electron chi connectivity index (χ2n) is 3.52. The third-order valence-corrected chi connectivity index (χ3v) is 2.05. The molecule has 0 aliphatic rings. The van der Waals surface area contributed by atoms with E-state index in [9.17, 15) is 4.79 Å². The number of benzene rings is 1. The monoisotopic (exact) mass is 218 g/mol. The van der Waals surface area contributed by atoms with Crippen molar-refractivity contribution >= 4 is 5.91 Å². The highest BCUT2D eigenvalue weighted by Crippen LogP contribution is 2.04. The maximum atomic E-state index is 11.7. The highest BCUT2D eigenvalue weighted by molar-refractivity contribution is 5.94. The first-order chi connectivity index (χ1) is 7.67. The van der Waals surface area contributed by atoms with Gasteiger partial charge >= 0.3 is 0 Å². The Bertz CT molecular complexity index is 410. The zero-order chi connectivity index (χ0) is 12.0. The summed E-state index contributed by atoms with van der Waals surface area (Å²) in [6, 6.07) is 8.54. The van der Waals surface area contributed by atoms with Gasteiger partial charge in [0.1, 0.15) is 0 Å². The molecule has 0 saturated carbocycles. The van der Waals surface area contributed by atoms with Crippen LogP contribution in [-0.4, -0.2) is 25.7 Å². The van der Waals surface area contributed by atoms with Crippen LogP contribution in [0.25, 0.3) is 0 Å². The van der Waals surface area contributed by atoms with Gasteiger partial charge in [-0.3, -0.25) is 4.79 Å². The number of nitrogens with zero attached hydrogens (tertiary/aromatic N) is 1. The quantitative estimate of drug-likeness (QED) is 0.829. The molecule has 0 fully saturated rings. The van der Waals surface area contributed by atoms with Gasteiger partial charge in [-0.25, -0.2) is 0 Å². The smallest absolute Gasteiger partial charge is 0.251 e. The predicted molar refractivity (Wildman–Crippen MR) is 60.0 cm³/mol. The Labute approximate surface area is 94.8 Å². The number of rotatable bonds is 4. The molecular weight excluding hydrogens is 204 g/mol. The van der Waals surface area contributed by atoms with Gasteiger partial charge < -0.3 is 10.1 Å². The zero-order valence-electron chi connectivity index (χ0n) is 9.36. The highest BCUT2D eigenvalue weighted by Gasteiger charge is 2.09. The van der Waals surface area contributed by atoms with Crippen molar-refractivity contribution in [1.82, 2.24) is 5.32 Å². The largest absolute Gasteiger partial charge is 0.383 e. The van der Waals surface area contributed by atoms with Gasteiger partial charge in [-0.1, -0.05) is 6.07 Å². The molecular formula is C12H14N2O2. The van der Waals surface area contributed by atoms with Crippen molar-refractivity contribution in [3.05, 3.63) is 35.4 Å². The molecule has 0 aliphatic heterocycles. The lowest BCUT2D eigenvalue weighted by Gasteiger charge is -2.12. The number of hydrogen-bond donors (Lipinski definition) is 1. The lowest BCUT2D eigenvalue weighted by molar-refractivity contribution is 0.0905. The van der Waals surface area contributed by atoms with Crippen molar-refractivity contribution in [1.29, 1.82) is 5.26 Å². The normalized spacial score (nSPS) is 11.6. The van der Waals surface area contributed by atoms with Crippen LogP contribution in [0.4, 0.5) is 0 Å². The average molecular weight is 218 g/mol. The highest BCUT2D eigenvalue weighted by atomic mass is 16.5. The molecule has 0 heterocycles. The molecule has 0 aromatic heterocycles. The molecule has 16 heavy (non-hydrogen) atoms. The Morgan fingerprint density at radius 1 is 1.62 bits per heavy atom. The number of methoxy groups -OCH3 is 1. The molecule has 0 saturated heterocycles. The lowest BCUT2D eigenvalue weighted by Crippen LogP contribution is -2.35. The fourth-order valence-corrected chi connectivity index (χ4v) is 1.33. The van der Waals surface area contributed by atoms with Crippen LogP contribution in [0.15, 0.2) is 24.3 Å². The van der Waals surface area contributed by atoms with Crippen molar-refractivity contribution in [2.24, 2.45) is 0 Å². The van der Waals surface area contributed by atoms with E-state index in [1.54, 1.807) is 31.4 Å². The number of amides is 1. The summed E-state index contributed by atoms with van der Waals surface area (Å²) in [4.78, 5) is 11.7. The third kappa shape index (κ3) is 3.37. The molecule has 1 atom stereocenters. The Kier molecular flexibility index (Phi) is 4.49. The molecule has 1 aromatic carbocycles. The van der Waals surface area contributed by atoms with E-state index in [1.165, 1.54) is 0 Å². The van der Waals surface area contributed by atoms with E-state index >= 15 is 0 Å². The van der Waals surface area contributed by atoms with E-state index in [1.807, 2.05) is 13.0 Å². The van der Waals surface area contributed by atoms with Crippen LogP contribution < -0.4 is 5.32 Å². The van der Waals surface area contributed by atoms with E-state index in [4.69, 9.17) is 10.00 Å². The van der Waals surface area contributed by atoms with Gasteiger partial charge in [-0.05, 0) is 25.1 Å². The number of carbonyl (C=O) groups is 1. The minimum absolute atomic E-state index is 0.0526. The maximum absolute atomic E-state index is 11.7. The van der Waals surface area contributed by atoms with Gasteiger partial charge in [0.15, 0.2) is 0 Å². The van der Waals surface area contributed by atoms with Crippen LogP contribution >= 0.6 is 0 Å². The average Bonchev–Trinajstić information content (AvgIpc) is 2.29. The van der Waals surface area contributed by atoms with Gasteiger partial charge in [-0.2, -0.15) is 5.26 Å². The predicted octanol–water partition coefficient (Wildman–Crippen LogP) is 1.32. The summed E-state index contributed by atoms with van der Waals surface area (Å²) in [6.07, 6.45) is 0. The summed E-state index contributed by atoms with van der Waals surface area (Å²) in [5.74, 6) is -0.193. The molecule has 4 nitrogen and oxygen atoms in total. The number of nitrogens with one attached hydrogen (secondary N) is 1. The first-order valence-corrected chi connectivity index (χ1v) is 4.97. The fourth-order valence-electron chi connectivity index (χ4n) is 1.33. The second-order valence-corrected chi connectivity index (χ2v) is 3.52. The van der Waals surface area contributed by atoms with Crippen molar-refractivity contribution in [3.63, 3.8) is 0 Å². The fraction of sp³-hybridized carbons (Fsp3) is 0.333. The molecule has 84 valence electrons. The maximum Gasteiger partial charge on any atom is 0.251 e. The first-order valence-electron chi connectivity index (χ1n) is 4.97. The van der Waals surface area contributed by atoms with Crippen LogP contribution in [-0.2, 0) is 4.74 Å². The molecule has 1 N–H and O–H groups in total. The van der Waals surface area contributed by atoms with Crippen molar-refractivity contribution in [3.8, 4) is 6.07 Å². The van der Waals surface area contributed by atoms with Gasteiger partial charge in [0, 0.05) is 18.7 Å². The molecule has 0 aliphatic carbocycles. The van der Waals surface area contributed by atoms with Crippen molar-refractivity contribution < 1.29 is 9.53 Å². The summed E-state index contributed by atoms with van der Waals surface area (Å²) in [5, 5.41) is 11.5. The van der Waals surface area contributed by atoms with E-state index in [0.717, 1.165) is 0 Å². The number of hydrogen-bond acceptors (Lipinski definition) is 3. The van der Waals surface area contributed by atoms with Crippen LogP contribution in [0, 0.1) is 11.3 Å². The minimum Gasteiger partial charge on any atom is -0.383 e. The minimum atomic E-state index is -0.193. The number of nitriles is 1. The summed E-state index contributed by atoms with van der Waals surface area (Å²) in [7, 11) is 1.58. The van der Waals surface area contributed by atoms with Crippen LogP contribution in [0.5, 0.6) is 0 Å². The second kappa shape index (κ2) is 5.89.